The number of carbonyl (C=O) groups excluding carboxylic acids is 1. The number of benzene rings is 3. The van der Waals surface area contributed by atoms with E-state index in [2.05, 4.69) is 0 Å². The number of aliphatic carboxylic acids is 1. The summed E-state index contributed by atoms with van der Waals surface area (Å²) in [5.41, 5.74) is 2.51. The molecule has 0 fully saturated rings. The van der Waals surface area contributed by atoms with E-state index in [1.54, 1.807) is 6.07 Å². The van der Waals surface area contributed by atoms with Crippen LogP contribution in [0, 0.1) is 0 Å². The van der Waals surface area contributed by atoms with E-state index >= 15 is 0 Å². The number of nitrogens with zero attached hydrogens (tertiary/aromatic N) is 1. The average Bonchev–Trinajstić information content (AvgIpc) is 2.82. The van der Waals surface area contributed by atoms with Crippen molar-refractivity contribution in [3.8, 4) is 0 Å². The van der Waals surface area contributed by atoms with Gasteiger partial charge in [-0.15, -0.1) is 0 Å². The summed E-state index contributed by atoms with van der Waals surface area (Å²) in [5.74, 6) is -1.37. The highest BCUT2D eigenvalue weighted by Gasteiger charge is 2.49. The third-order valence-corrected chi connectivity index (χ3v) is 6.51. The third-order valence-electron chi connectivity index (χ3n) is 6.51. The molecular weight excluding hydrogens is 443 g/mol. The first kappa shape index (κ1) is 23.7. The van der Waals surface area contributed by atoms with E-state index in [9.17, 15) is 27.9 Å². The zero-order chi connectivity index (χ0) is 24.3. The van der Waals surface area contributed by atoms with Crippen molar-refractivity contribution in [1.29, 1.82) is 0 Å². The molecule has 176 valence electrons. The molecule has 0 saturated heterocycles. The summed E-state index contributed by atoms with van der Waals surface area (Å²) in [7, 11) is 0. The Labute approximate surface area is 195 Å². The van der Waals surface area contributed by atoms with Gasteiger partial charge in [0, 0.05) is 23.1 Å². The van der Waals surface area contributed by atoms with Crippen LogP contribution in [0.5, 0.6) is 0 Å². The van der Waals surface area contributed by atoms with Crippen LogP contribution in [0.15, 0.2) is 78.9 Å². The molecule has 1 heterocycles. The SMILES string of the molecule is O=C(O)CCC(=O)[N+]1(Cc2cccc(C(F)(F)F)c2)CCc2ccccc2C1c1ccccc1. The zero-order valence-corrected chi connectivity index (χ0v) is 18.5. The van der Waals surface area contributed by atoms with Crippen molar-refractivity contribution in [1.82, 2.24) is 0 Å². The van der Waals surface area contributed by atoms with Gasteiger partial charge < -0.3 is 5.11 Å². The van der Waals surface area contributed by atoms with Gasteiger partial charge in [-0.3, -0.25) is 4.79 Å². The largest absolute Gasteiger partial charge is 0.481 e. The molecule has 4 rings (SSSR count). The number of carboxylic acids is 1. The van der Waals surface area contributed by atoms with Crippen molar-refractivity contribution in [2.24, 2.45) is 0 Å². The fourth-order valence-electron chi connectivity index (χ4n) is 4.98. The molecule has 3 aromatic rings. The van der Waals surface area contributed by atoms with Crippen LogP contribution in [0.2, 0.25) is 0 Å². The number of halogens is 3. The molecule has 1 amide bonds. The van der Waals surface area contributed by atoms with Gasteiger partial charge >= 0.3 is 18.1 Å². The monoisotopic (exact) mass is 468 g/mol. The standard InChI is InChI=1S/C27H24F3NO3/c28-27(29,30)22-11-6-7-19(17-22)18-31(24(32)13-14-25(33)34)16-15-20-8-4-5-12-23(20)26(31)21-9-2-1-3-10-21/h1-12,17,26H,13-16,18H2/p+1. The van der Waals surface area contributed by atoms with Gasteiger partial charge in [0.25, 0.3) is 0 Å². The normalized spacial score (nSPS) is 19.9. The number of carbonyl (C=O) groups is 2. The highest BCUT2D eigenvalue weighted by molar-refractivity contribution is 5.77. The smallest absolute Gasteiger partial charge is 0.416 e. The number of fused-ring (bicyclic) bond motifs is 1. The van der Waals surface area contributed by atoms with Gasteiger partial charge in [0.15, 0.2) is 0 Å². The molecule has 0 saturated carbocycles. The maximum atomic E-state index is 13.8. The topological polar surface area (TPSA) is 54.4 Å². The number of rotatable bonds is 6. The highest BCUT2D eigenvalue weighted by Crippen LogP contribution is 2.43. The summed E-state index contributed by atoms with van der Waals surface area (Å²) in [6.45, 7) is 0.404. The Morgan fingerprint density at radius 3 is 2.32 bits per heavy atom. The molecule has 34 heavy (non-hydrogen) atoms. The average molecular weight is 468 g/mol. The van der Waals surface area contributed by atoms with Crippen LogP contribution >= 0.6 is 0 Å². The molecule has 1 aliphatic heterocycles. The van der Waals surface area contributed by atoms with Crippen molar-refractivity contribution >= 4 is 11.9 Å². The van der Waals surface area contributed by atoms with Crippen LogP contribution < -0.4 is 0 Å². The Hall–Kier alpha value is -3.45. The Balaban J connectivity index is 1.88. The summed E-state index contributed by atoms with van der Waals surface area (Å²) >= 11 is 0. The second-order valence-corrected chi connectivity index (χ2v) is 8.66. The van der Waals surface area contributed by atoms with Gasteiger partial charge in [-0.1, -0.05) is 66.7 Å². The lowest BCUT2D eigenvalue weighted by Gasteiger charge is -2.46. The highest BCUT2D eigenvalue weighted by atomic mass is 19.4. The lowest BCUT2D eigenvalue weighted by molar-refractivity contribution is -0.895. The molecule has 0 radical (unpaired) electrons. The van der Waals surface area contributed by atoms with Crippen LogP contribution in [0.1, 0.15) is 46.7 Å². The minimum atomic E-state index is -4.50. The second kappa shape index (κ2) is 9.43. The predicted octanol–water partition coefficient (Wildman–Crippen LogP) is 5.76. The molecule has 0 aliphatic carbocycles. The van der Waals surface area contributed by atoms with Crippen molar-refractivity contribution < 1.29 is 32.3 Å². The lowest BCUT2D eigenvalue weighted by Crippen LogP contribution is -2.58. The van der Waals surface area contributed by atoms with E-state index in [0.717, 1.165) is 28.8 Å². The number of hydrogen-bond acceptors (Lipinski definition) is 2. The van der Waals surface area contributed by atoms with Crippen molar-refractivity contribution in [3.05, 3.63) is 107 Å². The molecule has 7 heteroatoms. The van der Waals surface area contributed by atoms with E-state index in [4.69, 9.17) is 0 Å². The molecule has 0 spiro atoms. The summed E-state index contributed by atoms with van der Waals surface area (Å²) < 4.78 is 40.1. The van der Waals surface area contributed by atoms with Crippen LogP contribution in [-0.2, 0) is 28.7 Å². The molecule has 0 aromatic heterocycles. The van der Waals surface area contributed by atoms with Gasteiger partial charge in [-0.2, -0.15) is 13.2 Å². The molecule has 2 unspecified atom stereocenters. The predicted molar refractivity (Wildman–Crippen MR) is 121 cm³/mol. The number of carboxylic acid groups (broad SMARTS) is 1. The molecule has 0 bridgehead atoms. The summed E-state index contributed by atoms with van der Waals surface area (Å²) in [5, 5.41) is 9.22. The molecular formula is C27H25F3NO3+. The van der Waals surface area contributed by atoms with E-state index in [1.165, 1.54) is 6.07 Å². The Bertz CT molecular complexity index is 1190. The Morgan fingerprint density at radius 1 is 0.912 bits per heavy atom. The van der Waals surface area contributed by atoms with Crippen molar-refractivity contribution in [2.75, 3.05) is 6.54 Å². The number of alkyl halides is 3. The second-order valence-electron chi connectivity index (χ2n) is 8.66. The van der Waals surface area contributed by atoms with Crippen molar-refractivity contribution in [2.45, 2.75) is 38.0 Å². The van der Waals surface area contributed by atoms with E-state index < -0.39 is 23.8 Å². The molecule has 1 aliphatic rings. The van der Waals surface area contributed by atoms with Gasteiger partial charge in [-0.05, 0) is 17.7 Å². The number of hydrogen-bond donors (Lipinski definition) is 1. The minimum absolute atomic E-state index is 0.0380. The third kappa shape index (κ3) is 4.75. The minimum Gasteiger partial charge on any atom is -0.481 e. The summed E-state index contributed by atoms with van der Waals surface area (Å²) in [4.78, 5) is 25.1. The number of amides is 1. The molecule has 2 atom stereocenters. The summed E-state index contributed by atoms with van der Waals surface area (Å²) in [6.07, 6.45) is -4.46. The van der Waals surface area contributed by atoms with Crippen LogP contribution in [0.25, 0.3) is 0 Å². The van der Waals surface area contributed by atoms with E-state index in [1.807, 2.05) is 54.6 Å². The van der Waals surface area contributed by atoms with Crippen LogP contribution in [-0.4, -0.2) is 28.0 Å². The van der Waals surface area contributed by atoms with E-state index in [0.29, 0.717) is 18.5 Å². The maximum Gasteiger partial charge on any atom is 0.416 e. The lowest BCUT2D eigenvalue weighted by atomic mass is 9.84. The first-order valence-corrected chi connectivity index (χ1v) is 11.1. The molecule has 4 nitrogen and oxygen atoms in total. The van der Waals surface area contributed by atoms with Crippen LogP contribution in [0.3, 0.4) is 0 Å². The Kier molecular flexibility index (Phi) is 6.57. The maximum absolute atomic E-state index is 13.8. The van der Waals surface area contributed by atoms with Gasteiger partial charge in [0.05, 0.1) is 24.9 Å². The molecule has 3 aromatic carbocycles. The first-order chi connectivity index (χ1) is 16.2. The van der Waals surface area contributed by atoms with Crippen LogP contribution in [0.4, 0.5) is 13.2 Å². The van der Waals surface area contributed by atoms with E-state index in [-0.39, 0.29) is 29.8 Å². The van der Waals surface area contributed by atoms with Crippen molar-refractivity contribution in [3.63, 3.8) is 0 Å². The first-order valence-electron chi connectivity index (χ1n) is 11.1. The molecule has 1 N–H and O–H groups in total. The fraction of sp³-hybridized carbons (Fsp3) is 0.259. The Morgan fingerprint density at radius 2 is 1.62 bits per heavy atom. The quantitative estimate of drug-likeness (QED) is 0.468. The van der Waals surface area contributed by atoms with Gasteiger partial charge in [0.2, 0.25) is 0 Å². The van der Waals surface area contributed by atoms with Gasteiger partial charge in [0.1, 0.15) is 12.6 Å². The summed E-state index contributed by atoms with van der Waals surface area (Å²) in [6, 6.07) is 21.8. The number of quaternary nitrogens is 1. The van der Waals surface area contributed by atoms with Gasteiger partial charge in [-0.25, -0.2) is 9.28 Å². The zero-order valence-electron chi connectivity index (χ0n) is 18.5. The fourth-order valence-corrected chi connectivity index (χ4v) is 4.98.